The summed E-state index contributed by atoms with van der Waals surface area (Å²) in [5.74, 6) is -1.76. The molecule has 0 amide bonds. The van der Waals surface area contributed by atoms with Crippen LogP contribution in [0.15, 0.2) is 56.7 Å². The van der Waals surface area contributed by atoms with Crippen LogP contribution in [0.1, 0.15) is 31.8 Å². The number of fused-ring (bicyclic) bond motifs is 2. The van der Waals surface area contributed by atoms with Gasteiger partial charge in [0, 0.05) is 21.4 Å². The molecule has 4 rings (SSSR count). The first-order valence-electron chi connectivity index (χ1n) is 9.14. The van der Waals surface area contributed by atoms with Crippen LogP contribution >= 0.6 is 15.9 Å². The third-order valence-corrected chi connectivity index (χ3v) is 7.53. The van der Waals surface area contributed by atoms with Gasteiger partial charge >= 0.3 is 59.1 Å². The summed E-state index contributed by atoms with van der Waals surface area (Å²) >= 11 is 3.19. The van der Waals surface area contributed by atoms with Gasteiger partial charge in [0.1, 0.15) is 20.2 Å². The molecule has 3 aromatic rings. The number of carbonyl (C=O) groups excluding carboxylic acids is 2. The van der Waals surface area contributed by atoms with Crippen LogP contribution in [0, 0.1) is 0 Å². The van der Waals surface area contributed by atoms with Crippen molar-refractivity contribution in [2.45, 2.75) is 9.79 Å². The van der Waals surface area contributed by atoms with Crippen molar-refractivity contribution < 1.29 is 94.6 Å². The van der Waals surface area contributed by atoms with Crippen molar-refractivity contribution in [3.63, 3.8) is 0 Å². The molecule has 0 saturated carbocycles. The van der Waals surface area contributed by atoms with E-state index in [0.29, 0.717) is 0 Å². The first-order valence-corrected chi connectivity index (χ1v) is 12.8. The number of hydrogen-bond donors (Lipinski definition) is 3. The standard InChI is InChI=1S/C20H14BrN3O8S2.2Na/c21-10-7-12(24-8-4-5-11(22)14(6-8)34(30,31)32)16-17(18(10)23)19(25)9-2-1-3-13(33(27,28)29)15(9)20(16)26;;/h1-7,24H,22-23H2,(H,27,28,29)(H,30,31,32);;/q;2*+1/p-2. The summed E-state index contributed by atoms with van der Waals surface area (Å²) in [5.41, 5.74) is 9.63. The number of nitrogens with one attached hydrogen (secondary N) is 1. The van der Waals surface area contributed by atoms with Crippen LogP contribution in [0.2, 0.25) is 0 Å². The molecule has 1 aliphatic carbocycles. The predicted molar refractivity (Wildman–Crippen MR) is 122 cm³/mol. The number of rotatable bonds is 4. The third kappa shape index (κ3) is 5.44. The van der Waals surface area contributed by atoms with E-state index in [4.69, 9.17) is 11.5 Å². The number of carbonyl (C=O) groups is 2. The van der Waals surface area contributed by atoms with E-state index in [1.54, 1.807) is 0 Å². The van der Waals surface area contributed by atoms with Gasteiger partial charge in [0.25, 0.3) is 0 Å². The molecule has 11 nitrogen and oxygen atoms in total. The Morgan fingerprint density at radius 1 is 0.778 bits per heavy atom. The summed E-state index contributed by atoms with van der Waals surface area (Å²) in [4.78, 5) is 25.1. The second kappa shape index (κ2) is 10.8. The van der Waals surface area contributed by atoms with Crippen molar-refractivity contribution in [2.24, 2.45) is 0 Å². The fraction of sp³-hybridized carbons (Fsp3) is 0. The normalized spacial score (nSPS) is 12.6. The van der Waals surface area contributed by atoms with Gasteiger partial charge in [0.15, 0.2) is 11.6 Å². The number of hydrogen-bond acceptors (Lipinski definition) is 11. The fourth-order valence-electron chi connectivity index (χ4n) is 3.64. The first kappa shape index (κ1) is 30.9. The maximum absolute atomic E-state index is 13.4. The van der Waals surface area contributed by atoms with Crippen LogP contribution in [0.25, 0.3) is 0 Å². The van der Waals surface area contributed by atoms with Crippen molar-refractivity contribution in [3.05, 3.63) is 69.2 Å². The molecule has 36 heavy (non-hydrogen) atoms. The van der Waals surface area contributed by atoms with E-state index in [-0.39, 0.29) is 103 Å². The van der Waals surface area contributed by atoms with Gasteiger partial charge in [-0.3, -0.25) is 9.59 Å². The number of anilines is 4. The number of nitrogens with two attached hydrogens (primary N) is 2. The minimum atomic E-state index is -5.12. The van der Waals surface area contributed by atoms with Gasteiger partial charge < -0.3 is 25.9 Å². The molecule has 0 unspecified atom stereocenters. The molecule has 0 atom stereocenters. The number of benzene rings is 3. The maximum atomic E-state index is 13.4. The van der Waals surface area contributed by atoms with E-state index in [2.05, 4.69) is 21.2 Å². The zero-order valence-electron chi connectivity index (χ0n) is 18.7. The molecule has 0 heterocycles. The summed E-state index contributed by atoms with van der Waals surface area (Å²) in [5, 5.41) is 2.73. The van der Waals surface area contributed by atoms with Crippen molar-refractivity contribution in [1.82, 2.24) is 0 Å². The topological polar surface area (TPSA) is 213 Å². The SMILES string of the molecule is Nc1ccc(Nc2cc(Br)c(N)c3c2C(=O)c2c(cccc2S(=O)(=O)[O-])C3=O)cc1S(=O)(=O)[O-].[Na+].[Na+]. The summed E-state index contributed by atoms with van der Waals surface area (Å²) < 4.78 is 69.9. The van der Waals surface area contributed by atoms with E-state index in [1.165, 1.54) is 18.2 Å². The molecule has 0 aliphatic heterocycles. The van der Waals surface area contributed by atoms with Gasteiger partial charge in [0.2, 0.25) is 0 Å². The Bertz CT molecular complexity index is 1660. The molecule has 3 aromatic carbocycles. The van der Waals surface area contributed by atoms with Crippen LogP contribution in [0.4, 0.5) is 22.7 Å². The van der Waals surface area contributed by atoms with E-state index < -0.39 is 47.2 Å². The average Bonchev–Trinajstić information content (AvgIpc) is 2.73. The predicted octanol–water partition coefficient (Wildman–Crippen LogP) is -4.05. The molecular formula is C20H12BrN3Na2O8S2. The summed E-state index contributed by atoms with van der Waals surface area (Å²) in [6, 6.07) is 7.98. The first-order chi connectivity index (χ1) is 15.7. The van der Waals surface area contributed by atoms with Crippen LogP contribution in [-0.4, -0.2) is 37.5 Å². The third-order valence-electron chi connectivity index (χ3n) is 5.10. The minimum Gasteiger partial charge on any atom is -0.744 e. The maximum Gasteiger partial charge on any atom is 1.00 e. The second-order valence-electron chi connectivity index (χ2n) is 7.19. The van der Waals surface area contributed by atoms with Crippen molar-refractivity contribution in [3.8, 4) is 0 Å². The van der Waals surface area contributed by atoms with Crippen molar-refractivity contribution >= 4 is 70.5 Å². The number of ketones is 2. The summed E-state index contributed by atoms with van der Waals surface area (Å²) in [7, 11) is -10.0. The van der Waals surface area contributed by atoms with Crippen LogP contribution in [-0.2, 0) is 20.2 Å². The monoisotopic (exact) mass is 611 g/mol. The van der Waals surface area contributed by atoms with Crippen LogP contribution in [0.3, 0.4) is 0 Å². The van der Waals surface area contributed by atoms with Crippen molar-refractivity contribution in [1.29, 1.82) is 0 Å². The molecule has 1 aliphatic rings. The Morgan fingerprint density at radius 3 is 1.97 bits per heavy atom. The number of halogens is 1. The smallest absolute Gasteiger partial charge is 0.744 e. The van der Waals surface area contributed by atoms with E-state index in [0.717, 1.165) is 24.3 Å². The fourth-order valence-corrected chi connectivity index (χ4v) is 5.40. The van der Waals surface area contributed by atoms with E-state index in [9.17, 15) is 35.5 Å². The average molecular weight is 612 g/mol. The molecule has 0 bridgehead atoms. The zero-order valence-corrected chi connectivity index (χ0v) is 25.9. The molecule has 0 fully saturated rings. The molecule has 0 spiro atoms. The summed E-state index contributed by atoms with van der Waals surface area (Å²) in [6.07, 6.45) is 0. The van der Waals surface area contributed by atoms with Gasteiger partial charge in [-0.15, -0.1) is 0 Å². The molecule has 0 radical (unpaired) electrons. The molecule has 0 saturated heterocycles. The zero-order chi connectivity index (χ0) is 25.2. The van der Waals surface area contributed by atoms with Gasteiger partial charge in [0.05, 0.1) is 37.9 Å². The Balaban J connectivity index is 0.00000228. The summed E-state index contributed by atoms with van der Waals surface area (Å²) in [6.45, 7) is 0. The van der Waals surface area contributed by atoms with Gasteiger partial charge in [-0.2, -0.15) is 0 Å². The Labute approximate surface area is 258 Å². The largest absolute Gasteiger partial charge is 1.00 e. The van der Waals surface area contributed by atoms with Crippen LogP contribution in [0.5, 0.6) is 0 Å². The Morgan fingerprint density at radius 2 is 1.39 bits per heavy atom. The molecule has 176 valence electrons. The molecular weight excluding hydrogens is 600 g/mol. The van der Waals surface area contributed by atoms with Crippen LogP contribution < -0.4 is 75.9 Å². The van der Waals surface area contributed by atoms with E-state index >= 15 is 0 Å². The van der Waals surface area contributed by atoms with Gasteiger partial charge in [-0.05, 0) is 46.3 Å². The Hall–Kier alpha value is -1.30. The number of nitrogen functional groups attached to an aromatic ring is 2. The van der Waals surface area contributed by atoms with Crippen molar-refractivity contribution in [2.75, 3.05) is 16.8 Å². The molecule has 5 N–H and O–H groups in total. The minimum absolute atomic E-state index is 0. The molecule has 16 heteroatoms. The quantitative estimate of drug-likeness (QED) is 0.115. The van der Waals surface area contributed by atoms with Gasteiger partial charge in [-0.1, -0.05) is 12.1 Å². The second-order valence-corrected chi connectivity index (χ2v) is 10.7. The van der Waals surface area contributed by atoms with E-state index in [1.807, 2.05) is 0 Å². The Kier molecular flexibility index (Phi) is 9.30. The van der Waals surface area contributed by atoms with Gasteiger partial charge in [-0.25, -0.2) is 16.8 Å². The molecule has 0 aromatic heterocycles.